The first kappa shape index (κ1) is 29.2. The smallest absolute Gasteiger partial charge is 0.394 e. The minimum absolute atomic E-state index is 0.0812. The highest BCUT2D eigenvalue weighted by molar-refractivity contribution is 7.47. The Bertz CT molecular complexity index is 1610. The van der Waals surface area contributed by atoms with Crippen molar-refractivity contribution in [1.82, 2.24) is 29.1 Å². The van der Waals surface area contributed by atoms with Crippen molar-refractivity contribution < 1.29 is 48.4 Å². The van der Waals surface area contributed by atoms with E-state index in [0.717, 1.165) is 4.57 Å². The third kappa shape index (κ3) is 5.37. The Labute approximate surface area is 228 Å². The molecule has 20 nitrogen and oxygen atoms in total. The molecule has 0 aliphatic carbocycles. The van der Waals surface area contributed by atoms with Gasteiger partial charge in [0.05, 0.1) is 13.2 Å². The predicted octanol–water partition coefficient (Wildman–Crippen LogP) is -3.78. The molecule has 0 bridgehead atoms. The molecule has 2 saturated heterocycles. The summed E-state index contributed by atoms with van der Waals surface area (Å²) in [6.45, 7) is -0.0531. The van der Waals surface area contributed by atoms with Crippen molar-refractivity contribution in [2.45, 2.75) is 56.0 Å². The Morgan fingerprint density at radius 2 is 1.78 bits per heavy atom. The molecular weight excluding hydrogens is 575 g/mol. The Hall–Kier alpha value is -3.30. The minimum atomic E-state index is -5.09. The summed E-state index contributed by atoms with van der Waals surface area (Å²) in [5, 5.41) is 41.2. The van der Waals surface area contributed by atoms with Crippen LogP contribution in [0.3, 0.4) is 0 Å². The number of aliphatic hydroxyl groups excluding tert-OH is 4. The molecule has 41 heavy (non-hydrogen) atoms. The number of nitrogens with zero attached hydrogens (tertiary/aromatic N) is 5. The summed E-state index contributed by atoms with van der Waals surface area (Å²) < 4.78 is 36.4. The highest BCUT2D eigenvalue weighted by atomic mass is 31.2. The maximum atomic E-state index is 13.0. The lowest BCUT2D eigenvalue weighted by molar-refractivity contribution is -0.0638. The standard InChI is InChI=1S/C20H27N8O12P/c1-6-23-10-15(25-19(22)26-16(10)33)28(6)18-14(12(31)7(4-29)38-18)40-41(35,36)37-5-8-11(30)13(32)17(39-8)27-3-2-9(21)24-20(27)34/h2-3,7-8,11-14,17-18,29-32H,4-5H2,1H3,(H,35,36)(H2,21,24,34)(H3,22,25,26,33)/t7-,8-,11-,12-,13-,14-,17-,18-/m1/s1. The van der Waals surface area contributed by atoms with Gasteiger partial charge in [-0.25, -0.2) is 14.3 Å². The molecular formula is C20H27N8O12P. The van der Waals surface area contributed by atoms with Crippen LogP contribution in [0.5, 0.6) is 0 Å². The Kier molecular flexibility index (Phi) is 7.72. The number of aromatic nitrogens is 6. The molecule has 0 aromatic carbocycles. The molecule has 0 saturated carbocycles. The number of aliphatic hydroxyl groups is 4. The van der Waals surface area contributed by atoms with E-state index in [9.17, 15) is 39.5 Å². The maximum Gasteiger partial charge on any atom is 0.472 e. The average Bonchev–Trinajstić information content (AvgIpc) is 3.49. The van der Waals surface area contributed by atoms with Gasteiger partial charge in [0.2, 0.25) is 5.95 Å². The number of aromatic amines is 1. The molecule has 2 fully saturated rings. The van der Waals surface area contributed by atoms with Crippen LogP contribution >= 0.6 is 7.82 Å². The Balaban J connectivity index is 1.35. The first-order valence-electron chi connectivity index (χ1n) is 12.0. The van der Waals surface area contributed by atoms with E-state index < -0.39 is 81.4 Å². The van der Waals surface area contributed by atoms with E-state index in [2.05, 4.69) is 19.9 Å². The summed E-state index contributed by atoms with van der Waals surface area (Å²) >= 11 is 0. The molecule has 3 aromatic heterocycles. The van der Waals surface area contributed by atoms with E-state index in [-0.39, 0.29) is 28.8 Å². The second kappa shape index (κ2) is 10.8. The van der Waals surface area contributed by atoms with Crippen molar-refractivity contribution in [3.63, 3.8) is 0 Å². The van der Waals surface area contributed by atoms with Gasteiger partial charge in [0, 0.05) is 6.20 Å². The van der Waals surface area contributed by atoms with E-state index in [1.54, 1.807) is 0 Å². The summed E-state index contributed by atoms with van der Waals surface area (Å²) in [6, 6.07) is 1.26. The number of ether oxygens (including phenoxy) is 2. The molecule has 5 heterocycles. The molecule has 0 amide bonds. The van der Waals surface area contributed by atoms with Crippen LogP contribution in [0.25, 0.3) is 11.2 Å². The summed E-state index contributed by atoms with van der Waals surface area (Å²) in [5.41, 5.74) is 9.33. The van der Waals surface area contributed by atoms with Crippen LogP contribution in [0.2, 0.25) is 0 Å². The van der Waals surface area contributed by atoms with Crippen molar-refractivity contribution in [3.8, 4) is 0 Å². The lowest BCUT2D eigenvalue weighted by Crippen LogP contribution is -2.36. The summed E-state index contributed by atoms with van der Waals surface area (Å²) in [5.74, 6) is -0.207. The minimum Gasteiger partial charge on any atom is -0.394 e. The van der Waals surface area contributed by atoms with Crippen LogP contribution in [-0.2, 0) is 23.1 Å². The molecule has 21 heteroatoms. The van der Waals surface area contributed by atoms with Crippen LogP contribution in [-0.4, -0.2) is 104 Å². The fourth-order valence-corrected chi connectivity index (χ4v) is 5.61. The third-order valence-corrected chi connectivity index (χ3v) is 7.60. The highest BCUT2D eigenvalue weighted by Gasteiger charge is 2.51. The molecule has 0 radical (unpaired) electrons. The number of anilines is 2. The van der Waals surface area contributed by atoms with Gasteiger partial charge >= 0.3 is 13.5 Å². The zero-order valence-electron chi connectivity index (χ0n) is 21.1. The van der Waals surface area contributed by atoms with Crippen molar-refractivity contribution in [2.75, 3.05) is 24.7 Å². The van der Waals surface area contributed by atoms with Gasteiger partial charge in [-0.15, -0.1) is 0 Å². The number of nitrogen functional groups attached to an aromatic ring is 2. The quantitative estimate of drug-likeness (QED) is 0.115. The van der Waals surface area contributed by atoms with E-state index in [4.69, 9.17) is 30.0 Å². The van der Waals surface area contributed by atoms with Gasteiger partial charge in [0.15, 0.2) is 23.6 Å². The molecule has 3 aromatic rings. The fraction of sp³-hybridized carbons (Fsp3) is 0.550. The van der Waals surface area contributed by atoms with Crippen molar-refractivity contribution >= 4 is 30.8 Å². The second-order valence-electron chi connectivity index (χ2n) is 9.31. The molecule has 5 rings (SSSR count). The molecule has 1 unspecified atom stereocenters. The number of hydrogen-bond donors (Lipinski definition) is 8. The summed E-state index contributed by atoms with van der Waals surface area (Å²) in [6.07, 6.45) is -11.0. The number of aryl methyl sites for hydroxylation is 1. The molecule has 2 aliphatic heterocycles. The Morgan fingerprint density at radius 1 is 1.07 bits per heavy atom. The van der Waals surface area contributed by atoms with Crippen molar-refractivity contribution in [3.05, 3.63) is 38.9 Å². The van der Waals surface area contributed by atoms with Crippen molar-refractivity contribution in [2.24, 2.45) is 0 Å². The van der Waals surface area contributed by atoms with Gasteiger partial charge in [-0.05, 0) is 13.0 Å². The predicted molar refractivity (Wildman–Crippen MR) is 134 cm³/mol. The monoisotopic (exact) mass is 602 g/mol. The number of nitrogens with one attached hydrogen (secondary N) is 1. The van der Waals surface area contributed by atoms with Gasteiger partial charge in [0.25, 0.3) is 5.56 Å². The third-order valence-electron chi connectivity index (χ3n) is 6.61. The van der Waals surface area contributed by atoms with E-state index in [1.165, 1.54) is 23.8 Å². The number of fused-ring (bicyclic) bond motifs is 1. The van der Waals surface area contributed by atoms with Gasteiger partial charge in [-0.3, -0.25) is 28.0 Å². The number of imidazole rings is 1. The Morgan fingerprint density at radius 3 is 2.46 bits per heavy atom. The number of H-pyrrole nitrogens is 1. The molecule has 2 aliphatic rings. The number of phosphoric acid groups is 1. The van der Waals surface area contributed by atoms with Gasteiger partial charge in [0.1, 0.15) is 48.3 Å². The van der Waals surface area contributed by atoms with E-state index >= 15 is 0 Å². The average molecular weight is 602 g/mol. The molecule has 224 valence electrons. The van der Waals surface area contributed by atoms with E-state index in [1.807, 2.05) is 0 Å². The molecule has 0 spiro atoms. The number of phosphoric ester groups is 1. The summed E-state index contributed by atoms with van der Waals surface area (Å²) in [7, 11) is -5.09. The van der Waals surface area contributed by atoms with Crippen LogP contribution in [0, 0.1) is 6.92 Å². The highest BCUT2D eigenvalue weighted by Crippen LogP contribution is 2.50. The van der Waals surface area contributed by atoms with Gasteiger partial charge < -0.3 is 46.3 Å². The van der Waals surface area contributed by atoms with Crippen LogP contribution in [0.1, 0.15) is 18.3 Å². The first-order valence-corrected chi connectivity index (χ1v) is 13.5. The SMILES string of the molecule is Cc1nc2c(=O)[nH]c(N)nc2n1[C@@H]1O[C@H](CO)[C@@H](O)[C@H]1OP(=O)(O)OC[C@H]1O[C@@H](n2ccc(N)nc2=O)[C@H](O)[C@@H]1O. The fourth-order valence-electron chi connectivity index (χ4n) is 4.67. The normalized spacial score (nSPS) is 31.6. The molecule has 9 atom stereocenters. The van der Waals surface area contributed by atoms with Crippen molar-refractivity contribution in [1.29, 1.82) is 0 Å². The lowest BCUT2D eigenvalue weighted by Gasteiger charge is -2.25. The van der Waals surface area contributed by atoms with E-state index in [0.29, 0.717) is 0 Å². The van der Waals surface area contributed by atoms with Crippen LogP contribution < -0.4 is 22.7 Å². The number of rotatable bonds is 8. The van der Waals surface area contributed by atoms with Crippen LogP contribution in [0.15, 0.2) is 21.9 Å². The number of nitrogens with two attached hydrogens (primary N) is 2. The summed E-state index contributed by atoms with van der Waals surface area (Å²) in [4.78, 5) is 48.8. The topological polar surface area (TPSA) is 306 Å². The number of hydrogen-bond acceptors (Lipinski definition) is 16. The molecule has 10 N–H and O–H groups in total. The first-order chi connectivity index (χ1) is 19.3. The van der Waals surface area contributed by atoms with Gasteiger partial charge in [-0.2, -0.15) is 9.97 Å². The maximum absolute atomic E-state index is 13.0. The van der Waals surface area contributed by atoms with Gasteiger partial charge in [-0.1, -0.05) is 0 Å². The second-order valence-corrected chi connectivity index (χ2v) is 10.7. The zero-order chi connectivity index (χ0) is 29.8. The van der Waals surface area contributed by atoms with Crippen LogP contribution in [0.4, 0.5) is 11.8 Å². The largest absolute Gasteiger partial charge is 0.472 e. The zero-order valence-corrected chi connectivity index (χ0v) is 22.0. The lowest BCUT2D eigenvalue weighted by atomic mass is 10.1.